The van der Waals surface area contributed by atoms with E-state index in [1.54, 1.807) is 19.2 Å². The van der Waals surface area contributed by atoms with Gasteiger partial charge in [0.15, 0.2) is 11.5 Å². The fourth-order valence-corrected chi connectivity index (χ4v) is 3.55. The van der Waals surface area contributed by atoms with Gasteiger partial charge >= 0.3 is 0 Å². The number of hydrogen-bond donors (Lipinski definition) is 1. The fourth-order valence-electron chi connectivity index (χ4n) is 3.55. The number of hydrogen-bond acceptors (Lipinski definition) is 4. The van der Waals surface area contributed by atoms with Gasteiger partial charge in [0.1, 0.15) is 5.75 Å². The van der Waals surface area contributed by atoms with Crippen molar-refractivity contribution in [2.75, 3.05) is 12.0 Å². The summed E-state index contributed by atoms with van der Waals surface area (Å²) >= 11 is 0. The van der Waals surface area contributed by atoms with E-state index >= 15 is 0 Å². The van der Waals surface area contributed by atoms with Crippen LogP contribution < -0.4 is 9.64 Å². The van der Waals surface area contributed by atoms with Crippen molar-refractivity contribution in [3.05, 3.63) is 71.0 Å². The maximum atomic E-state index is 13.0. The Morgan fingerprint density at radius 1 is 1.14 bits per heavy atom. The molecule has 0 fully saturated rings. The van der Waals surface area contributed by atoms with Gasteiger partial charge in [0.25, 0.3) is 5.91 Å². The topological polar surface area (TPSA) is 66.8 Å². The average molecular weight is 379 g/mol. The van der Waals surface area contributed by atoms with Gasteiger partial charge in [-0.3, -0.25) is 14.5 Å². The van der Waals surface area contributed by atoms with Crippen LogP contribution in [0.15, 0.2) is 59.9 Å². The molecule has 2 aromatic rings. The van der Waals surface area contributed by atoms with E-state index in [-0.39, 0.29) is 23.7 Å². The zero-order valence-electron chi connectivity index (χ0n) is 16.6. The molecule has 5 nitrogen and oxygen atoms in total. The number of anilines is 1. The summed E-state index contributed by atoms with van der Waals surface area (Å²) < 4.78 is 5.22. The number of carbonyl (C=O) groups is 2. The molecular weight excluding hydrogens is 354 g/mol. The molecule has 1 aliphatic heterocycles. The normalized spacial score (nSPS) is 16.8. The molecule has 0 saturated carbocycles. The largest absolute Gasteiger partial charge is 0.503 e. The molecule has 28 heavy (non-hydrogen) atoms. The van der Waals surface area contributed by atoms with Crippen LogP contribution in [0.25, 0.3) is 0 Å². The van der Waals surface area contributed by atoms with Gasteiger partial charge in [-0.25, -0.2) is 0 Å². The highest BCUT2D eigenvalue weighted by Crippen LogP contribution is 2.42. The number of amides is 1. The van der Waals surface area contributed by atoms with E-state index in [9.17, 15) is 14.7 Å². The van der Waals surface area contributed by atoms with Gasteiger partial charge in [-0.1, -0.05) is 44.2 Å². The van der Waals surface area contributed by atoms with Crippen LogP contribution in [0.2, 0.25) is 0 Å². The first kappa shape index (κ1) is 19.7. The number of para-hydroxylation sites is 1. The third-order valence-electron chi connectivity index (χ3n) is 4.91. The summed E-state index contributed by atoms with van der Waals surface area (Å²) in [6.45, 7) is 5.78. The Morgan fingerprint density at radius 3 is 2.36 bits per heavy atom. The lowest BCUT2D eigenvalue weighted by molar-refractivity contribution is -0.118. The van der Waals surface area contributed by atoms with Crippen molar-refractivity contribution >= 4 is 17.4 Å². The number of aryl methyl sites for hydroxylation is 1. The molecule has 1 N–H and O–H groups in total. The minimum absolute atomic E-state index is 0.118. The molecule has 0 radical (unpaired) electrons. The predicted molar refractivity (Wildman–Crippen MR) is 109 cm³/mol. The standard InChI is InChI=1S/C23H25NO4/c1-14(2)13-19(25)20-21(16-9-11-17(28-4)12-10-16)24(23(27)22(20)26)18-8-6-5-7-15(18)3/h5-12,14,21,26H,13H2,1-4H3. The monoisotopic (exact) mass is 379 g/mol. The van der Waals surface area contributed by atoms with E-state index in [1.807, 2.05) is 57.2 Å². The molecule has 2 aromatic carbocycles. The fraction of sp³-hybridized carbons (Fsp3) is 0.304. The van der Waals surface area contributed by atoms with Gasteiger partial charge in [0.05, 0.1) is 18.7 Å². The van der Waals surface area contributed by atoms with Crippen LogP contribution in [-0.4, -0.2) is 23.9 Å². The lowest BCUT2D eigenvalue weighted by Gasteiger charge is -2.28. The van der Waals surface area contributed by atoms with Crippen LogP contribution in [0.4, 0.5) is 5.69 Å². The molecule has 146 valence electrons. The Labute approximate surface area is 165 Å². The van der Waals surface area contributed by atoms with Crippen molar-refractivity contribution in [1.82, 2.24) is 0 Å². The maximum Gasteiger partial charge on any atom is 0.294 e. The van der Waals surface area contributed by atoms with Crippen molar-refractivity contribution in [3.8, 4) is 5.75 Å². The Kier molecular flexibility index (Phi) is 5.54. The summed E-state index contributed by atoms with van der Waals surface area (Å²) in [6, 6.07) is 14.0. The number of Topliss-reactive ketones (excluding diaryl/α,β-unsaturated/α-hetero) is 1. The lowest BCUT2D eigenvalue weighted by atomic mass is 9.92. The number of methoxy groups -OCH3 is 1. The van der Waals surface area contributed by atoms with E-state index in [4.69, 9.17) is 4.74 Å². The van der Waals surface area contributed by atoms with Gasteiger partial charge < -0.3 is 9.84 Å². The second-order valence-electron chi connectivity index (χ2n) is 7.42. The number of nitrogens with zero attached hydrogens (tertiary/aromatic N) is 1. The van der Waals surface area contributed by atoms with Crippen LogP contribution in [-0.2, 0) is 9.59 Å². The Bertz CT molecular complexity index is 928. The maximum absolute atomic E-state index is 13.0. The first-order valence-corrected chi connectivity index (χ1v) is 9.34. The first-order chi connectivity index (χ1) is 13.3. The zero-order valence-corrected chi connectivity index (χ0v) is 16.6. The van der Waals surface area contributed by atoms with Crippen LogP contribution in [0.5, 0.6) is 5.75 Å². The van der Waals surface area contributed by atoms with Crippen molar-refractivity contribution in [1.29, 1.82) is 0 Å². The molecule has 1 atom stereocenters. The minimum atomic E-state index is -0.675. The molecule has 0 spiro atoms. The summed E-state index contributed by atoms with van der Waals surface area (Å²) in [6.07, 6.45) is 0.265. The van der Waals surface area contributed by atoms with Crippen molar-refractivity contribution < 1.29 is 19.4 Å². The lowest BCUT2D eigenvalue weighted by Crippen LogP contribution is -2.31. The predicted octanol–water partition coefficient (Wildman–Crippen LogP) is 4.52. The number of aliphatic hydroxyl groups excluding tert-OH is 1. The van der Waals surface area contributed by atoms with E-state index in [1.165, 1.54) is 4.90 Å². The van der Waals surface area contributed by atoms with Crippen LogP contribution in [0, 0.1) is 12.8 Å². The quantitative estimate of drug-likeness (QED) is 0.801. The van der Waals surface area contributed by atoms with Gasteiger partial charge in [-0.05, 0) is 42.2 Å². The molecule has 1 aliphatic rings. The molecule has 0 saturated heterocycles. The molecular formula is C23H25NO4. The van der Waals surface area contributed by atoms with Gasteiger partial charge in [-0.15, -0.1) is 0 Å². The number of ketones is 1. The third kappa shape index (κ3) is 3.52. The third-order valence-corrected chi connectivity index (χ3v) is 4.91. The average Bonchev–Trinajstić information content (AvgIpc) is 2.93. The van der Waals surface area contributed by atoms with Gasteiger partial charge in [0, 0.05) is 12.1 Å². The molecule has 1 amide bonds. The minimum Gasteiger partial charge on any atom is -0.503 e. The highest BCUT2D eigenvalue weighted by Gasteiger charge is 2.44. The molecule has 0 aromatic heterocycles. The van der Waals surface area contributed by atoms with E-state index in [0.717, 1.165) is 11.1 Å². The Hall–Kier alpha value is -3.08. The first-order valence-electron chi connectivity index (χ1n) is 9.34. The second-order valence-corrected chi connectivity index (χ2v) is 7.42. The highest BCUT2D eigenvalue weighted by atomic mass is 16.5. The van der Waals surface area contributed by atoms with Crippen LogP contribution in [0.3, 0.4) is 0 Å². The summed E-state index contributed by atoms with van der Waals surface area (Å²) in [4.78, 5) is 27.5. The van der Waals surface area contributed by atoms with Crippen molar-refractivity contribution in [2.24, 2.45) is 5.92 Å². The number of ether oxygens (including phenoxy) is 1. The van der Waals surface area contributed by atoms with Gasteiger partial charge in [0.2, 0.25) is 0 Å². The summed E-state index contributed by atoms with van der Waals surface area (Å²) in [5, 5.41) is 10.6. The van der Waals surface area contributed by atoms with Crippen molar-refractivity contribution in [2.45, 2.75) is 33.2 Å². The molecule has 5 heteroatoms. The van der Waals surface area contributed by atoms with E-state index in [0.29, 0.717) is 11.4 Å². The zero-order chi connectivity index (χ0) is 20.4. The van der Waals surface area contributed by atoms with E-state index < -0.39 is 17.7 Å². The summed E-state index contributed by atoms with van der Waals surface area (Å²) in [5.74, 6) is -0.430. The SMILES string of the molecule is COc1ccc(C2C(C(=O)CC(C)C)=C(O)C(=O)N2c2ccccc2C)cc1. The molecule has 0 aliphatic carbocycles. The summed E-state index contributed by atoms with van der Waals surface area (Å²) in [5.41, 5.74) is 2.47. The van der Waals surface area contributed by atoms with Gasteiger partial charge in [-0.2, -0.15) is 0 Å². The highest BCUT2D eigenvalue weighted by molar-refractivity contribution is 6.16. The summed E-state index contributed by atoms with van der Waals surface area (Å²) in [7, 11) is 1.58. The Balaban J connectivity index is 2.15. The smallest absolute Gasteiger partial charge is 0.294 e. The number of rotatable bonds is 6. The van der Waals surface area contributed by atoms with Crippen molar-refractivity contribution in [3.63, 3.8) is 0 Å². The Morgan fingerprint density at radius 2 is 1.79 bits per heavy atom. The number of carbonyl (C=O) groups excluding carboxylic acids is 2. The molecule has 3 rings (SSSR count). The second kappa shape index (κ2) is 7.89. The number of benzene rings is 2. The number of aliphatic hydroxyl groups is 1. The van der Waals surface area contributed by atoms with Crippen LogP contribution >= 0.6 is 0 Å². The molecule has 1 unspecified atom stereocenters. The van der Waals surface area contributed by atoms with Crippen LogP contribution in [0.1, 0.15) is 37.4 Å². The molecule has 0 bridgehead atoms. The molecule has 1 heterocycles. The van der Waals surface area contributed by atoms with E-state index in [2.05, 4.69) is 0 Å².